The first-order valence-electron chi connectivity index (χ1n) is 9.86. The molecule has 1 rings (SSSR count). The maximum absolute atomic E-state index is 12.5. The molecule has 0 aliphatic heterocycles. The van der Waals surface area contributed by atoms with Gasteiger partial charge < -0.3 is 20.5 Å². The molecule has 0 saturated heterocycles. The fraction of sp³-hybridized carbons (Fsp3) is 0.522. The van der Waals surface area contributed by atoms with Gasteiger partial charge in [-0.25, -0.2) is 4.79 Å². The third-order valence-corrected chi connectivity index (χ3v) is 4.21. The smallest absolute Gasteiger partial charge is 0.333 e. The molecule has 0 aliphatic carbocycles. The highest BCUT2D eigenvalue weighted by Gasteiger charge is 2.28. The highest BCUT2D eigenvalue weighted by Crippen LogP contribution is 2.26. The van der Waals surface area contributed by atoms with E-state index < -0.39 is 18.0 Å². The van der Waals surface area contributed by atoms with Crippen molar-refractivity contribution < 1.29 is 23.9 Å². The zero-order valence-corrected chi connectivity index (χ0v) is 18.8. The van der Waals surface area contributed by atoms with E-state index in [0.29, 0.717) is 12.2 Å². The minimum atomic E-state index is -0.693. The number of amides is 1. The molecule has 0 aromatic heterocycles. The van der Waals surface area contributed by atoms with Gasteiger partial charge in [-0.2, -0.15) is 0 Å². The van der Waals surface area contributed by atoms with Crippen LogP contribution in [0.3, 0.4) is 0 Å². The second kappa shape index (κ2) is 10.4. The number of hydrogen-bond acceptors (Lipinski definition) is 6. The molecule has 0 radical (unpaired) electrons. The number of ether oxygens (including phenoxy) is 2. The zero-order chi connectivity index (χ0) is 23.1. The van der Waals surface area contributed by atoms with Crippen LogP contribution in [-0.4, -0.2) is 36.5 Å². The summed E-state index contributed by atoms with van der Waals surface area (Å²) in [6, 6.07) is 6.02. The number of esters is 2. The molecule has 30 heavy (non-hydrogen) atoms. The topological polar surface area (TPSA) is 108 Å². The number of nitrogens with two attached hydrogens (primary N) is 1. The Morgan fingerprint density at radius 3 is 2.17 bits per heavy atom. The number of methoxy groups -OCH3 is 1. The largest absolute Gasteiger partial charge is 0.466 e. The van der Waals surface area contributed by atoms with Gasteiger partial charge in [-0.15, -0.1) is 0 Å². The first-order valence-corrected chi connectivity index (χ1v) is 9.86. The number of nitrogens with one attached hydrogen (secondary N) is 1. The van der Waals surface area contributed by atoms with Gasteiger partial charge in [0.25, 0.3) is 0 Å². The van der Waals surface area contributed by atoms with Crippen molar-refractivity contribution in [2.75, 3.05) is 7.11 Å². The molecule has 0 bridgehead atoms. The lowest BCUT2D eigenvalue weighted by Gasteiger charge is -2.34. The predicted octanol–water partition coefficient (Wildman–Crippen LogP) is 2.91. The molecule has 1 atom stereocenters. The summed E-state index contributed by atoms with van der Waals surface area (Å²) in [4.78, 5) is 35.6. The van der Waals surface area contributed by atoms with Crippen molar-refractivity contribution in [2.45, 2.75) is 65.5 Å². The number of hydrogen-bond donors (Lipinski definition) is 2. The predicted molar refractivity (Wildman–Crippen MR) is 116 cm³/mol. The summed E-state index contributed by atoms with van der Waals surface area (Å²) in [5, 5.41) is 3.02. The lowest BCUT2D eigenvalue weighted by Crippen LogP contribution is -2.52. The molecule has 7 nitrogen and oxygen atoms in total. The lowest BCUT2D eigenvalue weighted by molar-refractivity contribution is -0.139. The van der Waals surface area contributed by atoms with Crippen LogP contribution in [0, 0.1) is 5.41 Å². The highest BCUT2D eigenvalue weighted by atomic mass is 16.5. The number of rotatable bonds is 9. The third-order valence-electron chi connectivity index (χ3n) is 4.21. The Morgan fingerprint density at radius 1 is 1.10 bits per heavy atom. The van der Waals surface area contributed by atoms with Gasteiger partial charge in [0.1, 0.15) is 5.75 Å². The Morgan fingerprint density at radius 2 is 1.67 bits per heavy atom. The average molecular weight is 419 g/mol. The molecular weight excluding hydrogens is 384 g/mol. The molecule has 7 heteroatoms. The van der Waals surface area contributed by atoms with Gasteiger partial charge in [0, 0.05) is 11.1 Å². The van der Waals surface area contributed by atoms with E-state index in [-0.39, 0.29) is 28.9 Å². The Hall–Kier alpha value is -2.67. The van der Waals surface area contributed by atoms with Gasteiger partial charge in [-0.05, 0) is 49.8 Å². The normalized spacial score (nSPS) is 12.6. The summed E-state index contributed by atoms with van der Waals surface area (Å²) in [7, 11) is 1.22. The molecule has 0 aliphatic rings. The van der Waals surface area contributed by atoms with E-state index in [0.717, 1.165) is 12.0 Å². The molecule has 0 fully saturated rings. The number of benzene rings is 1. The molecule has 1 aromatic carbocycles. The van der Waals surface area contributed by atoms with Crippen molar-refractivity contribution in [2.24, 2.45) is 11.1 Å². The quantitative estimate of drug-likeness (QED) is 0.363. The van der Waals surface area contributed by atoms with E-state index in [1.165, 1.54) is 7.11 Å². The van der Waals surface area contributed by atoms with Crippen molar-refractivity contribution in [1.29, 1.82) is 0 Å². The van der Waals surface area contributed by atoms with Crippen LogP contribution in [0.2, 0.25) is 0 Å². The van der Waals surface area contributed by atoms with Crippen molar-refractivity contribution in [1.82, 2.24) is 5.32 Å². The summed E-state index contributed by atoms with van der Waals surface area (Å²) in [6.45, 7) is 13.8. The lowest BCUT2D eigenvalue weighted by atomic mass is 9.81. The van der Waals surface area contributed by atoms with Crippen molar-refractivity contribution in [3.05, 3.63) is 42.0 Å². The fourth-order valence-electron chi connectivity index (χ4n) is 3.39. The molecule has 1 amide bonds. The summed E-state index contributed by atoms with van der Waals surface area (Å²) in [5.74, 6) is -1.15. The molecule has 1 aromatic rings. The van der Waals surface area contributed by atoms with Crippen LogP contribution < -0.4 is 15.8 Å². The molecule has 166 valence electrons. The first-order chi connectivity index (χ1) is 13.7. The maximum atomic E-state index is 12.5. The summed E-state index contributed by atoms with van der Waals surface area (Å²) < 4.78 is 9.68. The zero-order valence-electron chi connectivity index (χ0n) is 18.8. The van der Waals surface area contributed by atoms with Crippen molar-refractivity contribution in [3.63, 3.8) is 0 Å². The summed E-state index contributed by atoms with van der Waals surface area (Å²) >= 11 is 0. The van der Waals surface area contributed by atoms with E-state index in [2.05, 4.69) is 37.4 Å². The molecule has 0 heterocycles. The second-order valence-electron chi connectivity index (χ2n) is 9.31. The van der Waals surface area contributed by atoms with Crippen LogP contribution in [0.25, 0.3) is 0 Å². The van der Waals surface area contributed by atoms with Gasteiger partial charge in [-0.1, -0.05) is 39.5 Å². The van der Waals surface area contributed by atoms with Crippen LogP contribution in [0.15, 0.2) is 36.4 Å². The van der Waals surface area contributed by atoms with E-state index >= 15 is 0 Å². The number of carbonyl (C=O) groups excluding carboxylic acids is 3. The van der Waals surface area contributed by atoms with E-state index in [9.17, 15) is 14.4 Å². The van der Waals surface area contributed by atoms with Crippen LogP contribution in [0.4, 0.5) is 0 Å². The van der Waals surface area contributed by atoms with Gasteiger partial charge >= 0.3 is 11.9 Å². The first kappa shape index (κ1) is 25.4. The van der Waals surface area contributed by atoms with Gasteiger partial charge in [0.05, 0.1) is 19.6 Å². The SMILES string of the molecule is C=C(CC(=O)Oc1ccc(CC(N)C(=O)NC(C)(C)CC(C)(C)C)cc1)C(=O)OC. The van der Waals surface area contributed by atoms with Gasteiger partial charge in [-0.3, -0.25) is 9.59 Å². The Bertz CT molecular complexity index is 776. The fourth-order valence-corrected chi connectivity index (χ4v) is 3.39. The Labute approximate surface area is 179 Å². The molecule has 0 spiro atoms. The maximum Gasteiger partial charge on any atom is 0.333 e. The standard InChI is InChI=1S/C23H34N2O5/c1-15(21(28)29-7)12-19(26)30-17-10-8-16(9-11-17)13-18(24)20(27)25-23(5,6)14-22(2,3)4/h8-11,18H,1,12-14,24H2,2-7H3,(H,25,27). The van der Waals surface area contributed by atoms with Gasteiger partial charge in [0.15, 0.2) is 0 Å². The summed E-state index contributed by atoms with van der Waals surface area (Å²) in [6.07, 6.45) is 0.912. The monoisotopic (exact) mass is 418 g/mol. The van der Waals surface area contributed by atoms with E-state index in [1.54, 1.807) is 24.3 Å². The molecular formula is C23H34N2O5. The number of carbonyl (C=O) groups is 3. The third kappa shape index (κ3) is 9.22. The van der Waals surface area contributed by atoms with Crippen molar-refractivity contribution in [3.8, 4) is 5.75 Å². The van der Waals surface area contributed by atoms with Crippen LogP contribution in [-0.2, 0) is 25.5 Å². The van der Waals surface area contributed by atoms with E-state index in [1.807, 2.05) is 13.8 Å². The van der Waals surface area contributed by atoms with E-state index in [4.69, 9.17) is 10.5 Å². The summed E-state index contributed by atoms with van der Waals surface area (Å²) in [5.41, 5.74) is 6.66. The second-order valence-corrected chi connectivity index (χ2v) is 9.31. The Balaban J connectivity index is 2.61. The minimum Gasteiger partial charge on any atom is -0.466 e. The van der Waals surface area contributed by atoms with Crippen LogP contribution in [0.5, 0.6) is 5.75 Å². The highest BCUT2D eigenvalue weighted by molar-refractivity contribution is 5.93. The molecule has 3 N–H and O–H groups in total. The minimum absolute atomic E-state index is 0.0190. The van der Waals surface area contributed by atoms with Gasteiger partial charge in [0.2, 0.25) is 5.91 Å². The molecule has 1 unspecified atom stereocenters. The van der Waals surface area contributed by atoms with Crippen LogP contribution >= 0.6 is 0 Å². The molecule has 0 saturated carbocycles. The van der Waals surface area contributed by atoms with Crippen LogP contribution in [0.1, 0.15) is 53.0 Å². The average Bonchev–Trinajstić information content (AvgIpc) is 2.59. The Kier molecular flexibility index (Phi) is 8.78. The van der Waals surface area contributed by atoms with Crippen molar-refractivity contribution >= 4 is 17.8 Å².